The number of hydrogen-bond acceptors (Lipinski definition) is 2. The van der Waals surface area contributed by atoms with Gasteiger partial charge in [0.05, 0.1) is 6.54 Å². The summed E-state index contributed by atoms with van der Waals surface area (Å²) in [5.41, 5.74) is 2.05. The summed E-state index contributed by atoms with van der Waals surface area (Å²) in [4.78, 5) is 12.0. The number of carbonyl (C=O) groups is 1. The molecule has 21 heavy (non-hydrogen) atoms. The number of fused-ring (bicyclic) bond motifs is 2. The Bertz CT molecular complexity index is 514. The van der Waals surface area contributed by atoms with Gasteiger partial charge in [0.25, 0.3) is 0 Å². The first kappa shape index (κ1) is 14.6. The van der Waals surface area contributed by atoms with Gasteiger partial charge < -0.3 is 10.6 Å². The van der Waals surface area contributed by atoms with Crippen LogP contribution in [0.1, 0.15) is 38.2 Å². The highest BCUT2D eigenvalue weighted by molar-refractivity contribution is 5.92. The fraction of sp³-hybridized carbons (Fsp3) is 0.611. The van der Waals surface area contributed by atoms with Crippen LogP contribution < -0.4 is 10.6 Å². The first-order valence-corrected chi connectivity index (χ1v) is 8.21. The van der Waals surface area contributed by atoms with E-state index in [0.717, 1.165) is 29.0 Å². The Kier molecular flexibility index (Phi) is 4.29. The molecular weight excluding hydrogens is 260 g/mol. The van der Waals surface area contributed by atoms with E-state index in [1.807, 2.05) is 31.2 Å². The zero-order valence-corrected chi connectivity index (χ0v) is 13.1. The minimum atomic E-state index is 0.0515. The van der Waals surface area contributed by atoms with Gasteiger partial charge in [-0.25, -0.2) is 0 Å². The van der Waals surface area contributed by atoms with Crippen molar-refractivity contribution in [1.29, 1.82) is 0 Å². The van der Waals surface area contributed by atoms with Crippen molar-refractivity contribution in [3.05, 3.63) is 29.8 Å². The zero-order chi connectivity index (χ0) is 14.8. The maximum Gasteiger partial charge on any atom is 0.238 e. The van der Waals surface area contributed by atoms with Gasteiger partial charge in [0.2, 0.25) is 5.91 Å². The average molecular weight is 286 g/mol. The molecule has 2 aliphatic carbocycles. The van der Waals surface area contributed by atoms with Crippen LogP contribution in [0.25, 0.3) is 0 Å². The molecule has 0 radical (unpaired) electrons. The van der Waals surface area contributed by atoms with E-state index in [9.17, 15) is 4.79 Å². The highest BCUT2D eigenvalue weighted by Gasteiger charge is 2.41. The molecule has 1 aromatic rings. The molecule has 0 spiro atoms. The van der Waals surface area contributed by atoms with Gasteiger partial charge in [0, 0.05) is 11.7 Å². The Hall–Kier alpha value is -1.35. The van der Waals surface area contributed by atoms with Crippen molar-refractivity contribution in [3.63, 3.8) is 0 Å². The summed E-state index contributed by atoms with van der Waals surface area (Å²) in [6.45, 7) is 4.68. The Balaban J connectivity index is 1.45. The summed E-state index contributed by atoms with van der Waals surface area (Å²) in [5, 5.41) is 6.39. The van der Waals surface area contributed by atoms with Crippen molar-refractivity contribution in [3.8, 4) is 0 Å². The monoisotopic (exact) mass is 286 g/mol. The first-order chi connectivity index (χ1) is 10.1. The predicted octanol–water partition coefficient (Wildman–Crippen LogP) is 3.35. The van der Waals surface area contributed by atoms with Gasteiger partial charge in [-0.2, -0.15) is 0 Å². The van der Waals surface area contributed by atoms with Crippen molar-refractivity contribution in [2.24, 2.45) is 17.8 Å². The predicted molar refractivity (Wildman–Crippen MR) is 86.2 cm³/mol. The second-order valence-corrected chi connectivity index (χ2v) is 6.93. The molecule has 1 amide bonds. The molecule has 2 bridgehead atoms. The normalized spacial score (nSPS) is 28.6. The molecule has 114 valence electrons. The number of nitrogens with one attached hydrogen (secondary N) is 2. The molecule has 2 saturated carbocycles. The standard InChI is InChI=1S/C18H26N2O/c1-12-4-3-5-16(8-12)20-18(21)11-19-13(2)17-10-14-6-7-15(17)9-14/h3-5,8,13-15,17,19H,6-7,9-11H2,1-2H3,(H,20,21). The Labute approximate surface area is 127 Å². The molecule has 3 nitrogen and oxygen atoms in total. The summed E-state index contributed by atoms with van der Waals surface area (Å²) in [6, 6.07) is 8.38. The topological polar surface area (TPSA) is 41.1 Å². The average Bonchev–Trinajstić information content (AvgIpc) is 3.07. The molecule has 3 rings (SSSR count). The van der Waals surface area contributed by atoms with Gasteiger partial charge in [-0.1, -0.05) is 18.6 Å². The van der Waals surface area contributed by atoms with Crippen molar-refractivity contribution in [2.45, 2.75) is 45.6 Å². The van der Waals surface area contributed by atoms with E-state index in [1.165, 1.54) is 25.7 Å². The maximum absolute atomic E-state index is 12.0. The number of amides is 1. The van der Waals surface area contributed by atoms with Crippen LogP contribution in [0.15, 0.2) is 24.3 Å². The van der Waals surface area contributed by atoms with Crippen LogP contribution in [0.4, 0.5) is 5.69 Å². The number of aryl methyl sites for hydroxylation is 1. The van der Waals surface area contributed by atoms with E-state index in [2.05, 4.69) is 17.6 Å². The van der Waals surface area contributed by atoms with Crippen molar-refractivity contribution < 1.29 is 4.79 Å². The van der Waals surface area contributed by atoms with E-state index < -0.39 is 0 Å². The Morgan fingerprint density at radius 1 is 1.33 bits per heavy atom. The Morgan fingerprint density at radius 2 is 2.19 bits per heavy atom. The molecule has 4 unspecified atom stereocenters. The maximum atomic E-state index is 12.0. The number of carbonyl (C=O) groups excluding carboxylic acids is 1. The molecule has 2 N–H and O–H groups in total. The van der Waals surface area contributed by atoms with Gasteiger partial charge in [0.15, 0.2) is 0 Å². The van der Waals surface area contributed by atoms with Crippen molar-refractivity contribution in [2.75, 3.05) is 11.9 Å². The van der Waals surface area contributed by atoms with Crippen molar-refractivity contribution in [1.82, 2.24) is 5.32 Å². The number of anilines is 1. The summed E-state index contributed by atoms with van der Waals surface area (Å²) in [5.74, 6) is 2.69. The third kappa shape index (κ3) is 3.46. The van der Waals surface area contributed by atoms with Gasteiger partial charge in [-0.05, 0) is 68.6 Å². The molecule has 3 heteroatoms. The minimum absolute atomic E-state index is 0.0515. The first-order valence-electron chi connectivity index (χ1n) is 8.21. The van der Waals surface area contributed by atoms with E-state index in [1.54, 1.807) is 0 Å². The molecule has 1 aromatic carbocycles. The molecule has 0 aromatic heterocycles. The molecule has 0 aliphatic heterocycles. The molecular formula is C18H26N2O. The third-order valence-corrected chi connectivity index (χ3v) is 5.32. The number of hydrogen-bond donors (Lipinski definition) is 2. The van der Waals surface area contributed by atoms with Crippen LogP contribution in [0.3, 0.4) is 0 Å². The van der Waals surface area contributed by atoms with Crippen LogP contribution in [0, 0.1) is 24.7 Å². The second kappa shape index (κ2) is 6.18. The van der Waals surface area contributed by atoms with Crippen LogP contribution in [-0.2, 0) is 4.79 Å². The highest BCUT2D eigenvalue weighted by Crippen LogP contribution is 2.49. The second-order valence-electron chi connectivity index (χ2n) is 6.93. The fourth-order valence-electron chi connectivity index (χ4n) is 4.24. The van der Waals surface area contributed by atoms with Crippen LogP contribution >= 0.6 is 0 Å². The summed E-state index contributed by atoms with van der Waals surface area (Å²) < 4.78 is 0. The van der Waals surface area contributed by atoms with Crippen LogP contribution in [0.2, 0.25) is 0 Å². The molecule has 0 heterocycles. The number of rotatable bonds is 5. The lowest BCUT2D eigenvalue weighted by atomic mass is 9.84. The lowest BCUT2D eigenvalue weighted by Gasteiger charge is -2.28. The van der Waals surface area contributed by atoms with Crippen LogP contribution in [-0.4, -0.2) is 18.5 Å². The van der Waals surface area contributed by atoms with E-state index in [-0.39, 0.29) is 5.91 Å². The van der Waals surface area contributed by atoms with Crippen LogP contribution in [0.5, 0.6) is 0 Å². The highest BCUT2D eigenvalue weighted by atomic mass is 16.1. The van der Waals surface area contributed by atoms with E-state index >= 15 is 0 Å². The van der Waals surface area contributed by atoms with Gasteiger partial charge >= 0.3 is 0 Å². The van der Waals surface area contributed by atoms with Gasteiger partial charge in [-0.15, -0.1) is 0 Å². The third-order valence-electron chi connectivity index (χ3n) is 5.32. The Morgan fingerprint density at radius 3 is 2.86 bits per heavy atom. The van der Waals surface area contributed by atoms with E-state index in [0.29, 0.717) is 12.6 Å². The lowest BCUT2D eigenvalue weighted by molar-refractivity contribution is -0.115. The quantitative estimate of drug-likeness (QED) is 0.871. The zero-order valence-electron chi connectivity index (χ0n) is 13.1. The summed E-state index contributed by atoms with van der Waals surface area (Å²) in [6.07, 6.45) is 5.61. The SMILES string of the molecule is Cc1cccc(NC(=O)CNC(C)C2CC3CCC2C3)c1. The largest absolute Gasteiger partial charge is 0.325 e. The fourth-order valence-corrected chi connectivity index (χ4v) is 4.24. The number of benzene rings is 1. The minimum Gasteiger partial charge on any atom is -0.325 e. The smallest absolute Gasteiger partial charge is 0.238 e. The molecule has 2 fully saturated rings. The molecule has 2 aliphatic rings. The summed E-state index contributed by atoms with van der Waals surface area (Å²) >= 11 is 0. The molecule has 0 saturated heterocycles. The van der Waals surface area contributed by atoms with Gasteiger partial charge in [0.1, 0.15) is 0 Å². The summed E-state index contributed by atoms with van der Waals surface area (Å²) in [7, 11) is 0. The van der Waals surface area contributed by atoms with Crippen molar-refractivity contribution >= 4 is 11.6 Å². The lowest BCUT2D eigenvalue weighted by Crippen LogP contribution is -2.40. The van der Waals surface area contributed by atoms with E-state index in [4.69, 9.17) is 0 Å². The van der Waals surface area contributed by atoms with Gasteiger partial charge in [-0.3, -0.25) is 4.79 Å². The molecule has 4 atom stereocenters.